The number of rotatable bonds is 4. The van der Waals surface area contributed by atoms with Gasteiger partial charge in [-0.2, -0.15) is 0 Å². The minimum Gasteiger partial charge on any atom is -0.493 e. The van der Waals surface area contributed by atoms with Crippen molar-refractivity contribution in [3.05, 3.63) is 23.3 Å². The van der Waals surface area contributed by atoms with Gasteiger partial charge in [0.15, 0.2) is 11.5 Å². The predicted molar refractivity (Wildman–Crippen MR) is 69.3 cm³/mol. The van der Waals surface area contributed by atoms with Gasteiger partial charge in [0.25, 0.3) is 0 Å². The SMILES string of the molecule is CNC(=O)CC1CCc2c1ccc(OC)c2OC. The predicted octanol–water partition coefficient (Wildman–Crippen LogP) is 1.87. The number of carbonyl (C=O) groups excluding carboxylic acids is 1. The zero-order chi connectivity index (χ0) is 13.1. The molecular formula is C14H19NO3. The zero-order valence-corrected chi connectivity index (χ0v) is 11.1. The van der Waals surface area contributed by atoms with Gasteiger partial charge < -0.3 is 14.8 Å². The molecule has 1 aromatic rings. The number of methoxy groups -OCH3 is 2. The van der Waals surface area contributed by atoms with Gasteiger partial charge in [-0.25, -0.2) is 0 Å². The van der Waals surface area contributed by atoms with Crippen LogP contribution in [0.15, 0.2) is 12.1 Å². The second-order valence-electron chi connectivity index (χ2n) is 4.48. The fourth-order valence-electron chi connectivity index (χ4n) is 2.66. The van der Waals surface area contributed by atoms with Crippen LogP contribution in [0.25, 0.3) is 0 Å². The molecule has 1 aromatic carbocycles. The lowest BCUT2D eigenvalue weighted by molar-refractivity contribution is -0.121. The van der Waals surface area contributed by atoms with Gasteiger partial charge in [0.05, 0.1) is 14.2 Å². The average molecular weight is 249 g/mol. The van der Waals surface area contributed by atoms with E-state index in [2.05, 4.69) is 11.4 Å². The Balaban J connectivity index is 2.31. The van der Waals surface area contributed by atoms with Crippen molar-refractivity contribution in [3.63, 3.8) is 0 Å². The molecular weight excluding hydrogens is 230 g/mol. The van der Waals surface area contributed by atoms with Crippen molar-refractivity contribution in [2.45, 2.75) is 25.2 Å². The number of hydrogen-bond donors (Lipinski definition) is 1. The summed E-state index contributed by atoms with van der Waals surface area (Å²) < 4.78 is 10.7. The number of nitrogens with one attached hydrogen (secondary N) is 1. The smallest absolute Gasteiger partial charge is 0.220 e. The van der Waals surface area contributed by atoms with Gasteiger partial charge in [-0.3, -0.25) is 4.79 Å². The van der Waals surface area contributed by atoms with Gasteiger partial charge in [0.2, 0.25) is 5.91 Å². The van der Waals surface area contributed by atoms with E-state index in [1.165, 1.54) is 11.1 Å². The van der Waals surface area contributed by atoms with Crippen molar-refractivity contribution in [3.8, 4) is 11.5 Å². The monoisotopic (exact) mass is 249 g/mol. The molecule has 0 bridgehead atoms. The van der Waals surface area contributed by atoms with Gasteiger partial charge in [-0.1, -0.05) is 6.07 Å². The Morgan fingerprint density at radius 2 is 2.17 bits per heavy atom. The maximum atomic E-state index is 11.5. The second kappa shape index (κ2) is 5.29. The molecule has 1 aliphatic rings. The summed E-state index contributed by atoms with van der Waals surface area (Å²) in [5.41, 5.74) is 2.40. The molecule has 0 radical (unpaired) electrons. The normalized spacial score (nSPS) is 17.2. The molecule has 98 valence electrons. The summed E-state index contributed by atoms with van der Waals surface area (Å²) in [6.45, 7) is 0. The van der Waals surface area contributed by atoms with Gasteiger partial charge in [0.1, 0.15) is 0 Å². The maximum absolute atomic E-state index is 11.5. The topological polar surface area (TPSA) is 47.6 Å². The first-order valence-corrected chi connectivity index (χ1v) is 6.15. The largest absolute Gasteiger partial charge is 0.493 e. The van der Waals surface area contributed by atoms with Crippen molar-refractivity contribution in [2.75, 3.05) is 21.3 Å². The first-order valence-electron chi connectivity index (χ1n) is 6.15. The van der Waals surface area contributed by atoms with E-state index in [1.54, 1.807) is 21.3 Å². The van der Waals surface area contributed by atoms with E-state index < -0.39 is 0 Å². The first-order chi connectivity index (χ1) is 8.71. The van der Waals surface area contributed by atoms with Gasteiger partial charge >= 0.3 is 0 Å². The summed E-state index contributed by atoms with van der Waals surface area (Å²) in [6, 6.07) is 3.97. The van der Waals surface area contributed by atoms with E-state index in [9.17, 15) is 4.79 Å². The van der Waals surface area contributed by atoms with Crippen LogP contribution in [0.1, 0.15) is 29.9 Å². The Hall–Kier alpha value is -1.71. The minimum absolute atomic E-state index is 0.0858. The van der Waals surface area contributed by atoms with Crippen LogP contribution in [0.2, 0.25) is 0 Å². The molecule has 1 aliphatic carbocycles. The van der Waals surface area contributed by atoms with Gasteiger partial charge in [-0.15, -0.1) is 0 Å². The molecule has 1 atom stereocenters. The van der Waals surface area contributed by atoms with Crippen LogP contribution in [0.5, 0.6) is 11.5 Å². The summed E-state index contributed by atoms with van der Waals surface area (Å²) in [7, 11) is 4.97. The minimum atomic E-state index is 0.0858. The van der Waals surface area contributed by atoms with Crippen LogP contribution < -0.4 is 14.8 Å². The molecule has 1 unspecified atom stereocenters. The van der Waals surface area contributed by atoms with Crippen molar-refractivity contribution >= 4 is 5.91 Å². The van der Waals surface area contributed by atoms with Crippen LogP contribution >= 0.6 is 0 Å². The maximum Gasteiger partial charge on any atom is 0.220 e. The fraction of sp³-hybridized carbons (Fsp3) is 0.500. The number of fused-ring (bicyclic) bond motifs is 1. The highest BCUT2D eigenvalue weighted by molar-refractivity contribution is 5.77. The van der Waals surface area contributed by atoms with E-state index in [0.29, 0.717) is 12.3 Å². The summed E-state index contributed by atoms with van der Waals surface area (Å²) in [4.78, 5) is 11.5. The van der Waals surface area contributed by atoms with Crippen molar-refractivity contribution in [1.82, 2.24) is 5.32 Å². The Bertz CT molecular complexity index is 457. The summed E-state index contributed by atoms with van der Waals surface area (Å²) in [6.07, 6.45) is 2.47. The Labute approximate surface area is 107 Å². The van der Waals surface area contributed by atoms with Crippen LogP contribution in [-0.4, -0.2) is 27.2 Å². The molecule has 0 fully saturated rings. The first kappa shape index (κ1) is 12.7. The lowest BCUT2D eigenvalue weighted by Gasteiger charge is -2.14. The molecule has 0 heterocycles. The third-order valence-corrected chi connectivity index (χ3v) is 3.58. The molecule has 0 saturated carbocycles. The second-order valence-corrected chi connectivity index (χ2v) is 4.48. The lowest BCUT2D eigenvalue weighted by atomic mass is 9.97. The highest BCUT2D eigenvalue weighted by Crippen LogP contribution is 2.44. The van der Waals surface area contributed by atoms with Gasteiger partial charge in [0, 0.05) is 19.0 Å². The Kier molecular flexibility index (Phi) is 3.75. The number of hydrogen-bond acceptors (Lipinski definition) is 3. The summed E-state index contributed by atoms with van der Waals surface area (Å²) >= 11 is 0. The Morgan fingerprint density at radius 3 is 2.78 bits per heavy atom. The van der Waals surface area contributed by atoms with E-state index in [-0.39, 0.29) is 5.91 Å². The standard InChI is InChI=1S/C14H19NO3/c1-15-13(16)8-9-4-5-11-10(9)6-7-12(17-2)14(11)18-3/h6-7,9H,4-5,8H2,1-3H3,(H,15,16). The number of benzene rings is 1. The molecule has 1 amide bonds. The molecule has 0 aliphatic heterocycles. The molecule has 4 nitrogen and oxygen atoms in total. The summed E-state index contributed by atoms with van der Waals surface area (Å²) in [5, 5.41) is 2.68. The van der Waals surface area contributed by atoms with E-state index in [1.807, 2.05) is 6.07 Å². The van der Waals surface area contributed by atoms with Crippen LogP contribution in [0.3, 0.4) is 0 Å². The third kappa shape index (κ3) is 2.15. The number of carbonyl (C=O) groups is 1. The molecule has 1 N–H and O–H groups in total. The highest BCUT2D eigenvalue weighted by atomic mass is 16.5. The fourth-order valence-corrected chi connectivity index (χ4v) is 2.66. The van der Waals surface area contributed by atoms with Crippen molar-refractivity contribution in [1.29, 1.82) is 0 Å². The quantitative estimate of drug-likeness (QED) is 0.886. The van der Waals surface area contributed by atoms with Crippen LogP contribution in [-0.2, 0) is 11.2 Å². The van der Waals surface area contributed by atoms with Crippen molar-refractivity contribution in [2.24, 2.45) is 0 Å². The van der Waals surface area contributed by atoms with Gasteiger partial charge in [-0.05, 0) is 30.4 Å². The van der Waals surface area contributed by atoms with Crippen molar-refractivity contribution < 1.29 is 14.3 Å². The molecule has 0 spiro atoms. The lowest BCUT2D eigenvalue weighted by Crippen LogP contribution is -2.19. The van der Waals surface area contributed by atoms with Crippen LogP contribution in [0, 0.1) is 0 Å². The molecule has 18 heavy (non-hydrogen) atoms. The molecule has 0 saturated heterocycles. The number of amides is 1. The molecule has 2 rings (SSSR count). The van der Waals surface area contributed by atoms with Crippen LogP contribution in [0.4, 0.5) is 0 Å². The third-order valence-electron chi connectivity index (χ3n) is 3.58. The highest BCUT2D eigenvalue weighted by Gasteiger charge is 2.28. The Morgan fingerprint density at radius 1 is 1.39 bits per heavy atom. The molecule has 4 heteroatoms. The van der Waals surface area contributed by atoms with E-state index >= 15 is 0 Å². The summed E-state index contributed by atoms with van der Waals surface area (Å²) in [5.74, 6) is 1.95. The van der Waals surface area contributed by atoms with E-state index in [0.717, 1.165) is 24.3 Å². The van der Waals surface area contributed by atoms with E-state index in [4.69, 9.17) is 9.47 Å². The zero-order valence-electron chi connectivity index (χ0n) is 11.1. The molecule has 0 aromatic heterocycles. The average Bonchev–Trinajstić information content (AvgIpc) is 2.80. The number of ether oxygens (including phenoxy) is 2.